The molecule has 2 heterocycles. The normalized spacial score (nSPS) is 18.5. The van der Waals surface area contributed by atoms with Crippen LogP contribution in [0.3, 0.4) is 0 Å². The van der Waals surface area contributed by atoms with E-state index in [0.29, 0.717) is 22.6 Å². The molecule has 1 unspecified atom stereocenters. The van der Waals surface area contributed by atoms with Crippen LogP contribution in [-0.2, 0) is 20.8 Å². The lowest BCUT2D eigenvalue weighted by Crippen LogP contribution is -2.29. The monoisotopic (exact) mass is 438 g/mol. The number of aromatic nitrogens is 1. The number of nitrogens with zero attached hydrogens (tertiary/aromatic N) is 2. The molecule has 2 aromatic carbocycles. The minimum absolute atomic E-state index is 0.233. The van der Waals surface area contributed by atoms with Crippen LogP contribution in [-0.4, -0.2) is 28.5 Å². The number of hydrogen-bond donors (Lipinski definition) is 0. The van der Waals surface area contributed by atoms with Gasteiger partial charge in [-0.15, -0.1) is 0 Å². The first-order chi connectivity index (χ1) is 14.4. The fourth-order valence-electron chi connectivity index (χ4n) is 3.67. The van der Waals surface area contributed by atoms with Crippen LogP contribution < -0.4 is 0 Å². The maximum atomic E-state index is 13.6. The zero-order valence-electron chi connectivity index (χ0n) is 16.7. The van der Waals surface area contributed by atoms with Crippen molar-refractivity contribution in [1.29, 1.82) is 0 Å². The fourth-order valence-corrected chi connectivity index (χ4v) is 6.96. The molecule has 1 aliphatic rings. The Morgan fingerprint density at radius 2 is 1.67 bits per heavy atom. The lowest BCUT2D eigenvalue weighted by molar-refractivity contribution is 0.445. The highest BCUT2D eigenvalue weighted by molar-refractivity contribution is 7.95. The first-order valence-corrected chi connectivity index (χ1v) is 12.1. The minimum Gasteiger partial charge on any atom is -0.264 e. The Labute approximate surface area is 179 Å². The molecule has 1 aromatic heterocycles. The van der Waals surface area contributed by atoms with E-state index in [0.717, 1.165) is 5.56 Å². The topological polar surface area (TPSA) is 67.3 Å². The van der Waals surface area contributed by atoms with Gasteiger partial charge in [-0.2, -0.15) is 0 Å². The van der Waals surface area contributed by atoms with Gasteiger partial charge in [0.15, 0.2) is 0 Å². The molecule has 0 amide bonds. The van der Waals surface area contributed by atoms with E-state index < -0.39 is 26.9 Å². The molecule has 0 N–H and O–H groups in total. The summed E-state index contributed by atoms with van der Waals surface area (Å²) in [6, 6.07) is 18.8. The molecule has 0 saturated heterocycles. The Balaban J connectivity index is 1.83. The number of hydrogen-bond acceptors (Lipinski definition) is 4. The van der Waals surface area contributed by atoms with Gasteiger partial charge in [-0.25, -0.2) is 16.9 Å². The quantitative estimate of drug-likeness (QED) is 0.598. The third-order valence-corrected chi connectivity index (χ3v) is 8.61. The van der Waals surface area contributed by atoms with E-state index in [4.69, 9.17) is 0 Å². The predicted octanol–water partition coefficient (Wildman–Crippen LogP) is 4.22. The van der Waals surface area contributed by atoms with Crippen molar-refractivity contribution in [3.63, 3.8) is 0 Å². The van der Waals surface area contributed by atoms with E-state index in [1.165, 1.54) is 0 Å². The van der Waals surface area contributed by atoms with Gasteiger partial charge in [-0.1, -0.05) is 42.0 Å². The van der Waals surface area contributed by atoms with Crippen LogP contribution in [0.4, 0.5) is 0 Å². The summed E-state index contributed by atoms with van der Waals surface area (Å²) in [6.07, 6.45) is 3.28. The van der Waals surface area contributed by atoms with Crippen molar-refractivity contribution in [1.82, 2.24) is 9.29 Å². The SMILES string of the molecule is CC1=C(S(=O)(=O)c2ccccc2)[C@H](c2cccnc2)N(S(=O)c2ccc(C)cc2)C1. The van der Waals surface area contributed by atoms with Crippen LogP contribution in [0.15, 0.2) is 99.4 Å². The molecule has 3 aromatic rings. The van der Waals surface area contributed by atoms with E-state index in [-0.39, 0.29) is 9.80 Å². The van der Waals surface area contributed by atoms with Crippen molar-refractivity contribution < 1.29 is 12.6 Å². The van der Waals surface area contributed by atoms with Gasteiger partial charge >= 0.3 is 0 Å². The van der Waals surface area contributed by atoms with Crippen molar-refractivity contribution >= 4 is 20.8 Å². The first-order valence-electron chi connectivity index (χ1n) is 9.54. The molecule has 0 aliphatic carbocycles. The zero-order chi connectivity index (χ0) is 21.3. The van der Waals surface area contributed by atoms with Crippen molar-refractivity contribution in [2.45, 2.75) is 29.7 Å². The Kier molecular flexibility index (Phi) is 5.69. The van der Waals surface area contributed by atoms with Crippen LogP contribution in [0, 0.1) is 6.92 Å². The Morgan fingerprint density at radius 3 is 2.30 bits per heavy atom. The highest BCUT2D eigenvalue weighted by Gasteiger charge is 2.42. The highest BCUT2D eigenvalue weighted by Crippen LogP contribution is 2.43. The van der Waals surface area contributed by atoms with Gasteiger partial charge in [0.05, 0.1) is 20.7 Å². The highest BCUT2D eigenvalue weighted by atomic mass is 32.2. The molecule has 1 aliphatic heterocycles. The smallest absolute Gasteiger partial charge is 0.204 e. The summed E-state index contributed by atoms with van der Waals surface area (Å²) in [6.45, 7) is 4.06. The van der Waals surface area contributed by atoms with Gasteiger partial charge in [0.2, 0.25) is 9.84 Å². The Bertz CT molecular complexity index is 1210. The van der Waals surface area contributed by atoms with Gasteiger partial charge in [-0.05, 0) is 55.3 Å². The predicted molar refractivity (Wildman–Crippen MR) is 118 cm³/mol. The molecule has 0 fully saturated rings. The van der Waals surface area contributed by atoms with Gasteiger partial charge < -0.3 is 0 Å². The molecule has 4 rings (SSSR count). The summed E-state index contributed by atoms with van der Waals surface area (Å²) in [5, 5.41) is 0. The zero-order valence-corrected chi connectivity index (χ0v) is 18.4. The summed E-state index contributed by atoms with van der Waals surface area (Å²) in [5.41, 5.74) is 2.46. The average Bonchev–Trinajstić information content (AvgIpc) is 3.13. The van der Waals surface area contributed by atoms with Crippen molar-refractivity contribution in [2.75, 3.05) is 6.54 Å². The maximum Gasteiger partial charge on any atom is 0.204 e. The Morgan fingerprint density at radius 1 is 0.967 bits per heavy atom. The number of rotatable bonds is 5. The summed E-state index contributed by atoms with van der Waals surface area (Å²) in [7, 11) is -5.30. The standard InChI is InChI=1S/C23H22N2O3S2/c1-17-10-12-20(13-11-17)29(26)25-16-18(2)23(22(25)19-7-6-14-24-15-19)30(27,28)21-8-4-3-5-9-21/h3-15,22H,16H2,1-2H3/t22-,29?/m0/s1. The minimum atomic E-state index is -3.76. The molecule has 30 heavy (non-hydrogen) atoms. The molecule has 154 valence electrons. The third kappa shape index (κ3) is 3.76. The third-order valence-electron chi connectivity index (χ3n) is 5.13. The second-order valence-electron chi connectivity index (χ2n) is 7.29. The number of benzene rings is 2. The van der Waals surface area contributed by atoms with Crippen LogP contribution in [0.25, 0.3) is 0 Å². The van der Waals surface area contributed by atoms with Crippen LogP contribution in [0.5, 0.6) is 0 Å². The van der Waals surface area contributed by atoms with Gasteiger partial charge in [0.1, 0.15) is 11.0 Å². The summed E-state index contributed by atoms with van der Waals surface area (Å²) in [5.74, 6) is 0. The van der Waals surface area contributed by atoms with Gasteiger partial charge in [-0.3, -0.25) is 4.98 Å². The number of aryl methyl sites for hydroxylation is 1. The van der Waals surface area contributed by atoms with Crippen molar-refractivity contribution in [2.24, 2.45) is 0 Å². The van der Waals surface area contributed by atoms with E-state index in [1.54, 1.807) is 60.0 Å². The summed E-state index contributed by atoms with van der Waals surface area (Å²) in [4.78, 5) is 5.33. The van der Waals surface area contributed by atoms with Gasteiger partial charge in [0.25, 0.3) is 0 Å². The number of pyridine rings is 1. The molecule has 0 radical (unpaired) electrons. The maximum absolute atomic E-state index is 13.6. The van der Waals surface area contributed by atoms with E-state index in [1.807, 2.05) is 37.3 Å². The van der Waals surface area contributed by atoms with Crippen molar-refractivity contribution in [3.8, 4) is 0 Å². The van der Waals surface area contributed by atoms with E-state index in [9.17, 15) is 12.6 Å². The van der Waals surface area contributed by atoms with E-state index >= 15 is 0 Å². The lowest BCUT2D eigenvalue weighted by atomic mass is 10.1. The van der Waals surface area contributed by atoms with Crippen molar-refractivity contribution in [3.05, 3.63) is 101 Å². The lowest BCUT2D eigenvalue weighted by Gasteiger charge is -2.26. The number of sulfone groups is 1. The molecular weight excluding hydrogens is 416 g/mol. The summed E-state index contributed by atoms with van der Waals surface area (Å²) >= 11 is 0. The molecule has 0 bridgehead atoms. The van der Waals surface area contributed by atoms with Gasteiger partial charge in [0, 0.05) is 18.9 Å². The second-order valence-corrected chi connectivity index (χ2v) is 10.6. The molecule has 7 heteroatoms. The molecule has 0 spiro atoms. The van der Waals surface area contributed by atoms with Crippen LogP contribution in [0.1, 0.15) is 24.1 Å². The molecule has 2 atom stereocenters. The Hall–Kier alpha value is -2.61. The molecular formula is C23H22N2O3S2. The molecule has 0 saturated carbocycles. The second kappa shape index (κ2) is 8.26. The fraction of sp³-hybridized carbons (Fsp3) is 0.174. The van der Waals surface area contributed by atoms with E-state index in [2.05, 4.69) is 4.98 Å². The summed E-state index contributed by atoms with van der Waals surface area (Å²) < 4.78 is 42.4. The van der Waals surface area contributed by atoms with Crippen LogP contribution >= 0.6 is 0 Å². The average molecular weight is 439 g/mol. The van der Waals surface area contributed by atoms with Crippen LogP contribution in [0.2, 0.25) is 0 Å². The molecule has 5 nitrogen and oxygen atoms in total. The largest absolute Gasteiger partial charge is 0.264 e. The first kappa shape index (κ1) is 20.7.